The Morgan fingerprint density at radius 3 is 2.55 bits per heavy atom. The number of rotatable bonds is 4. The molecular weight excluding hydrogens is 750 g/mol. The molecule has 6 atom stereocenters. The van der Waals surface area contributed by atoms with Gasteiger partial charge in [-0.25, -0.2) is 13.1 Å². The van der Waals surface area contributed by atoms with Crippen LogP contribution in [0.5, 0.6) is 5.75 Å². The second-order valence-electron chi connectivity index (χ2n) is 17.6. The number of nitrogens with one attached hydrogen (secondary N) is 1. The first-order chi connectivity index (χ1) is 26.8. The Morgan fingerprint density at radius 1 is 1.05 bits per heavy atom. The molecule has 3 fully saturated rings. The lowest BCUT2D eigenvalue weighted by atomic mass is 9.63. The third kappa shape index (κ3) is 7.49. The number of hydrogen-bond donors (Lipinski definition) is 1. The molecule has 0 radical (unpaired) electrons. The van der Waals surface area contributed by atoms with Crippen molar-refractivity contribution in [3.63, 3.8) is 0 Å². The Balaban J connectivity index is 1.13. The molecule has 1 spiro atoms. The highest BCUT2D eigenvalue weighted by atomic mass is 35.5. The molecule has 2 aromatic rings. The predicted octanol–water partition coefficient (Wildman–Crippen LogP) is 5.12. The standard InChI is InChI=1S/C43H58ClN5O6S/c1-29-7-5-16-43(54-4,27-46-17-19-47(20-18-46)36-24-48(25-36)31(3)50)38-12-9-34(38)23-49-26-42(15-6-8-32-21-35(44)11-13-37(32)42)28-55-40-14-10-33(22-39(40)49)41(51)45-56(52,53)30(29)2/h5,10-11,13-14,16,21-22,29-30,34,36,38H,6-9,12,15,17-20,23-28H2,1-4H3,(H,45,51)/b16-5+/t29-,30+,34-,38+,42-,43+/m0/s1. The molecule has 1 saturated carbocycles. The summed E-state index contributed by atoms with van der Waals surface area (Å²) < 4.78 is 43.1. The second-order valence-corrected chi connectivity index (χ2v) is 20.1. The third-order valence-corrected chi connectivity index (χ3v) is 16.5. The summed E-state index contributed by atoms with van der Waals surface area (Å²) in [7, 11) is -2.14. The van der Waals surface area contributed by atoms with Gasteiger partial charge in [-0.05, 0) is 105 Å². The van der Waals surface area contributed by atoms with Gasteiger partial charge in [0.2, 0.25) is 15.9 Å². The highest BCUT2D eigenvalue weighted by molar-refractivity contribution is 7.90. The molecule has 304 valence electrons. The van der Waals surface area contributed by atoms with Crippen LogP contribution in [0.15, 0.2) is 48.6 Å². The van der Waals surface area contributed by atoms with E-state index in [4.69, 9.17) is 21.1 Å². The highest BCUT2D eigenvalue weighted by Gasteiger charge is 2.50. The fourth-order valence-corrected chi connectivity index (χ4v) is 11.9. The zero-order chi connectivity index (χ0) is 39.4. The van der Waals surface area contributed by atoms with Gasteiger partial charge in [0, 0.05) is 95.0 Å². The van der Waals surface area contributed by atoms with Crippen LogP contribution in [0.1, 0.15) is 74.4 Å². The van der Waals surface area contributed by atoms with Crippen molar-refractivity contribution in [2.24, 2.45) is 17.8 Å². The van der Waals surface area contributed by atoms with Crippen LogP contribution in [0.2, 0.25) is 5.02 Å². The number of allylic oxidation sites excluding steroid dienone is 1. The molecule has 0 unspecified atom stereocenters. The summed E-state index contributed by atoms with van der Waals surface area (Å²) in [5.74, 6) is 0.531. The number of carbonyl (C=O) groups excluding carboxylic acids is 2. The summed E-state index contributed by atoms with van der Waals surface area (Å²) in [6.45, 7) is 13.3. The minimum absolute atomic E-state index is 0.148. The van der Waals surface area contributed by atoms with E-state index in [1.165, 1.54) is 11.1 Å². The van der Waals surface area contributed by atoms with E-state index in [1.54, 1.807) is 19.9 Å². The molecule has 4 aliphatic heterocycles. The number of carbonyl (C=O) groups is 2. The first-order valence-corrected chi connectivity index (χ1v) is 22.5. The van der Waals surface area contributed by atoms with E-state index in [0.29, 0.717) is 42.8 Å². The van der Waals surface area contributed by atoms with Gasteiger partial charge in [-0.2, -0.15) is 0 Å². The Bertz CT molecular complexity index is 1960. The number of methoxy groups -OCH3 is 1. The molecule has 2 aliphatic carbocycles. The van der Waals surface area contributed by atoms with E-state index in [-0.39, 0.29) is 23.2 Å². The summed E-state index contributed by atoms with van der Waals surface area (Å²) in [4.78, 5) is 34.9. The normalized spacial score (nSPS) is 33.2. The molecule has 11 nitrogen and oxygen atoms in total. The molecule has 13 heteroatoms. The van der Waals surface area contributed by atoms with Gasteiger partial charge in [-0.15, -0.1) is 0 Å². The van der Waals surface area contributed by atoms with E-state index in [1.807, 2.05) is 37.1 Å². The quantitative estimate of drug-likeness (QED) is 0.422. The average Bonchev–Trinajstić information content (AvgIpc) is 3.28. The lowest BCUT2D eigenvalue weighted by Gasteiger charge is -2.53. The number of aryl methyl sites for hydroxylation is 1. The van der Waals surface area contributed by atoms with Crippen molar-refractivity contribution >= 4 is 39.1 Å². The van der Waals surface area contributed by atoms with Crippen LogP contribution in [0, 0.1) is 17.8 Å². The number of ether oxygens (including phenoxy) is 2. The van der Waals surface area contributed by atoms with Crippen LogP contribution in [0.4, 0.5) is 5.69 Å². The molecule has 6 aliphatic rings. The first kappa shape index (κ1) is 39.7. The zero-order valence-corrected chi connectivity index (χ0v) is 34.9. The van der Waals surface area contributed by atoms with Gasteiger partial charge in [-0.3, -0.25) is 19.4 Å². The van der Waals surface area contributed by atoms with E-state index < -0.39 is 26.8 Å². The van der Waals surface area contributed by atoms with Gasteiger partial charge < -0.3 is 19.3 Å². The molecule has 4 heterocycles. The van der Waals surface area contributed by atoms with Crippen LogP contribution in [-0.2, 0) is 31.4 Å². The van der Waals surface area contributed by atoms with Crippen LogP contribution >= 0.6 is 11.6 Å². The van der Waals surface area contributed by atoms with Crippen molar-refractivity contribution in [3.05, 3.63) is 70.3 Å². The van der Waals surface area contributed by atoms with Gasteiger partial charge in [0.05, 0.1) is 17.5 Å². The Kier molecular flexibility index (Phi) is 11.0. The van der Waals surface area contributed by atoms with E-state index >= 15 is 0 Å². The van der Waals surface area contributed by atoms with Gasteiger partial charge in [-0.1, -0.05) is 36.7 Å². The van der Waals surface area contributed by atoms with Crippen LogP contribution < -0.4 is 14.4 Å². The maximum atomic E-state index is 13.7. The maximum absolute atomic E-state index is 13.7. The number of benzene rings is 2. The minimum atomic E-state index is -3.98. The van der Waals surface area contributed by atoms with Crippen molar-refractivity contribution in [1.29, 1.82) is 0 Å². The van der Waals surface area contributed by atoms with Crippen LogP contribution in [0.25, 0.3) is 0 Å². The number of halogens is 1. The predicted molar refractivity (Wildman–Crippen MR) is 219 cm³/mol. The number of amides is 2. The van der Waals surface area contributed by atoms with Crippen molar-refractivity contribution in [2.45, 2.75) is 81.6 Å². The number of fused-ring (bicyclic) bond motifs is 4. The summed E-state index contributed by atoms with van der Waals surface area (Å²) in [6.07, 6.45) is 9.95. The number of likely N-dealkylation sites (tertiary alicyclic amines) is 1. The maximum Gasteiger partial charge on any atom is 0.264 e. The highest BCUT2D eigenvalue weighted by Crippen LogP contribution is 2.49. The number of sulfonamides is 1. The summed E-state index contributed by atoms with van der Waals surface area (Å²) >= 11 is 6.51. The zero-order valence-electron chi connectivity index (χ0n) is 33.3. The molecule has 2 amide bonds. The minimum Gasteiger partial charge on any atom is -0.490 e. The average molecular weight is 808 g/mol. The van der Waals surface area contributed by atoms with Crippen molar-refractivity contribution in [2.75, 3.05) is 77.5 Å². The molecule has 2 aromatic carbocycles. The summed E-state index contributed by atoms with van der Waals surface area (Å²) in [5, 5.41) is -0.0559. The number of piperazine rings is 1. The van der Waals surface area contributed by atoms with Gasteiger partial charge >= 0.3 is 0 Å². The summed E-state index contributed by atoms with van der Waals surface area (Å²) in [6, 6.07) is 12.0. The monoisotopic (exact) mass is 807 g/mol. The van der Waals surface area contributed by atoms with Crippen molar-refractivity contribution in [3.8, 4) is 5.75 Å². The Labute approximate surface area is 337 Å². The lowest BCUT2D eigenvalue weighted by Crippen LogP contribution is -2.65. The fraction of sp³-hybridized carbons (Fsp3) is 0.628. The molecule has 0 aromatic heterocycles. The SMILES string of the molecule is CO[C@@]1(CN2CCN(C3CN(C(C)=O)C3)CC2)/C=C/C[C@H](C)[C@@H](C)S(=O)(=O)NC(=O)c2ccc3c(c2)N(C[C@@H]2CC[C@H]21)C[C@@]1(CCCc2cc(Cl)ccc21)CO3. The van der Waals surface area contributed by atoms with E-state index in [9.17, 15) is 18.0 Å². The van der Waals surface area contributed by atoms with Crippen molar-refractivity contribution < 1.29 is 27.5 Å². The first-order valence-electron chi connectivity index (χ1n) is 20.6. The van der Waals surface area contributed by atoms with Crippen LogP contribution in [-0.4, -0.2) is 124 Å². The Hall–Kier alpha value is -3.16. The van der Waals surface area contributed by atoms with Crippen LogP contribution in [0.3, 0.4) is 0 Å². The van der Waals surface area contributed by atoms with Gasteiger partial charge in [0.25, 0.3) is 5.91 Å². The Morgan fingerprint density at radius 2 is 1.84 bits per heavy atom. The third-order valence-electron chi connectivity index (χ3n) is 14.3. The fourth-order valence-electron chi connectivity index (χ4n) is 10.4. The van der Waals surface area contributed by atoms with E-state index in [0.717, 1.165) is 95.2 Å². The largest absolute Gasteiger partial charge is 0.490 e. The molecule has 2 saturated heterocycles. The summed E-state index contributed by atoms with van der Waals surface area (Å²) in [5.41, 5.74) is 2.80. The van der Waals surface area contributed by atoms with Gasteiger partial charge in [0.1, 0.15) is 11.4 Å². The topological polar surface area (TPSA) is 112 Å². The number of hydrogen-bond acceptors (Lipinski definition) is 9. The lowest BCUT2D eigenvalue weighted by molar-refractivity contribution is -0.137. The van der Waals surface area contributed by atoms with E-state index in [2.05, 4.69) is 43.7 Å². The molecule has 8 rings (SSSR count). The number of anilines is 1. The molecule has 1 N–H and O–H groups in total. The van der Waals surface area contributed by atoms with Crippen molar-refractivity contribution in [1.82, 2.24) is 19.4 Å². The smallest absolute Gasteiger partial charge is 0.264 e. The van der Waals surface area contributed by atoms with Gasteiger partial charge in [0.15, 0.2) is 0 Å². The molecule has 56 heavy (non-hydrogen) atoms. The molecular formula is C43H58ClN5O6S. The number of nitrogens with zero attached hydrogens (tertiary/aromatic N) is 4. The molecule has 2 bridgehead atoms. The second kappa shape index (κ2) is 15.5.